The number of aliphatic hydroxyl groups excluding tert-OH is 1. The Kier molecular flexibility index (Phi) is 4.39. The molecule has 0 atom stereocenters. The molecule has 0 unspecified atom stereocenters. The first-order valence-electron chi connectivity index (χ1n) is 4.65. The highest BCUT2D eigenvalue weighted by molar-refractivity contribution is 5.72. The lowest BCUT2D eigenvalue weighted by Crippen LogP contribution is -2.18. The van der Waals surface area contributed by atoms with Crippen molar-refractivity contribution in [2.24, 2.45) is 0 Å². The Labute approximate surface area is 89.1 Å². The molecule has 2 N–H and O–H groups in total. The van der Waals surface area contributed by atoms with E-state index in [1.165, 1.54) is 6.92 Å². The Morgan fingerprint density at radius 3 is 3.00 bits per heavy atom. The van der Waals surface area contributed by atoms with Crippen LogP contribution in [0.3, 0.4) is 0 Å². The number of aliphatic hydroxyl groups is 1. The largest absolute Gasteiger partial charge is 0.384 e. The summed E-state index contributed by atoms with van der Waals surface area (Å²) < 4.78 is 0. The normalized spacial score (nSPS) is 8.93. The second-order valence-corrected chi connectivity index (χ2v) is 3.07. The minimum Gasteiger partial charge on any atom is -0.384 e. The molecule has 0 aliphatic rings. The van der Waals surface area contributed by atoms with Gasteiger partial charge >= 0.3 is 0 Å². The summed E-state index contributed by atoms with van der Waals surface area (Å²) in [5.41, 5.74) is 1.84. The highest BCUT2D eigenvalue weighted by atomic mass is 16.2. The van der Waals surface area contributed by atoms with Gasteiger partial charge in [0.25, 0.3) is 0 Å². The van der Waals surface area contributed by atoms with Crippen LogP contribution in [0.2, 0.25) is 0 Å². The molecular formula is C12H13NO2. The fourth-order valence-electron chi connectivity index (χ4n) is 1.13. The van der Waals surface area contributed by atoms with E-state index in [0.29, 0.717) is 6.54 Å². The SMILES string of the molecule is CC(=O)NCc1cccc(C#CCO)c1. The van der Waals surface area contributed by atoms with E-state index in [4.69, 9.17) is 5.11 Å². The summed E-state index contributed by atoms with van der Waals surface area (Å²) in [6, 6.07) is 7.54. The van der Waals surface area contributed by atoms with Gasteiger partial charge in [-0.05, 0) is 17.7 Å². The smallest absolute Gasteiger partial charge is 0.217 e. The predicted octanol–water partition coefficient (Wildman–Crippen LogP) is 0.666. The Bertz CT molecular complexity index is 402. The van der Waals surface area contributed by atoms with Gasteiger partial charge in [-0.3, -0.25) is 4.79 Å². The molecule has 0 fully saturated rings. The summed E-state index contributed by atoms with van der Waals surface area (Å²) in [5, 5.41) is 11.3. The lowest BCUT2D eigenvalue weighted by molar-refractivity contribution is -0.119. The molecule has 78 valence electrons. The monoisotopic (exact) mass is 203 g/mol. The van der Waals surface area contributed by atoms with Crippen LogP contribution in [0.1, 0.15) is 18.1 Å². The lowest BCUT2D eigenvalue weighted by atomic mass is 10.1. The summed E-state index contributed by atoms with van der Waals surface area (Å²) in [5.74, 6) is 5.33. The molecule has 3 heteroatoms. The first kappa shape index (κ1) is 11.3. The summed E-state index contributed by atoms with van der Waals surface area (Å²) >= 11 is 0. The summed E-state index contributed by atoms with van der Waals surface area (Å²) in [6.45, 7) is 1.84. The number of rotatable bonds is 2. The molecule has 15 heavy (non-hydrogen) atoms. The van der Waals surface area contributed by atoms with Crippen molar-refractivity contribution in [3.05, 3.63) is 35.4 Å². The van der Waals surface area contributed by atoms with Gasteiger partial charge in [-0.1, -0.05) is 24.0 Å². The van der Waals surface area contributed by atoms with Crippen molar-refractivity contribution < 1.29 is 9.90 Å². The van der Waals surface area contributed by atoms with Gasteiger partial charge in [0.2, 0.25) is 5.91 Å². The van der Waals surface area contributed by atoms with Gasteiger partial charge in [0, 0.05) is 19.0 Å². The van der Waals surface area contributed by atoms with Crippen LogP contribution in [0.5, 0.6) is 0 Å². The number of amides is 1. The number of hydrogen-bond acceptors (Lipinski definition) is 2. The van der Waals surface area contributed by atoms with E-state index in [2.05, 4.69) is 17.2 Å². The van der Waals surface area contributed by atoms with Gasteiger partial charge in [0.15, 0.2) is 0 Å². The fourth-order valence-corrected chi connectivity index (χ4v) is 1.13. The Balaban J connectivity index is 2.69. The maximum atomic E-state index is 10.7. The van der Waals surface area contributed by atoms with Crippen molar-refractivity contribution in [2.75, 3.05) is 6.61 Å². The van der Waals surface area contributed by atoms with E-state index in [1.54, 1.807) is 0 Å². The molecule has 1 amide bonds. The van der Waals surface area contributed by atoms with Gasteiger partial charge in [-0.2, -0.15) is 0 Å². The molecule has 0 radical (unpaired) electrons. The summed E-state index contributed by atoms with van der Waals surface area (Å²) in [7, 11) is 0. The molecule has 0 bridgehead atoms. The minimum atomic E-state index is -0.143. The Hall–Kier alpha value is -1.79. The quantitative estimate of drug-likeness (QED) is 0.694. The highest BCUT2D eigenvalue weighted by Crippen LogP contribution is 2.03. The van der Waals surface area contributed by atoms with Gasteiger partial charge in [0.1, 0.15) is 6.61 Å². The number of carbonyl (C=O) groups excluding carboxylic acids is 1. The van der Waals surface area contributed by atoms with Gasteiger partial charge in [-0.15, -0.1) is 0 Å². The van der Waals surface area contributed by atoms with E-state index in [9.17, 15) is 4.79 Å². The second kappa shape index (κ2) is 5.84. The van der Waals surface area contributed by atoms with Crippen LogP contribution in [0, 0.1) is 11.8 Å². The van der Waals surface area contributed by atoms with Crippen LogP contribution in [0.15, 0.2) is 24.3 Å². The zero-order valence-corrected chi connectivity index (χ0v) is 8.58. The van der Waals surface area contributed by atoms with Gasteiger partial charge < -0.3 is 10.4 Å². The van der Waals surface area contributed by atoms with Crippen LogP contribution in [0.25, 0.3) is 0 Å². The third-order valence-corrected chi connectivity index (χ3v) is 1.78. The summed E-state index contributed by atoms with van der Waals surface area (Å²) in [6.07, 6.45) is 0. The average molecular weight is 203 g/mol. The molecule has 1 aromatic carbocycles. The molecule has 1 aromatic rings. The molecular weight excluding hydrogens is 190 g/mol. The molecule has 0 aliphatic heterocycles. The van der Waals surface area contributed by atoms with Crippen molar-refractivity contribution >= 4 is 5.91 Å². The van der Waals surface area contributed by atoms with Gasteiger partial charge in [0.05, 0.1) is 0 Å². The molecule has 1 rings (SSSR count). The van der Waals surface area contributed by atoms with E-state index in [1.807, 2.05) is 24.3 Å². The van der Waals surface area contributed by atoms with E-state index < -0.39 is 0 Å². The van der Waals surface area contributed by atoms with Crippen molar-refractivity contribution in [3.8, 4) is 11.8 Å². The maximum Gasteiger partial charge on any atom is 0.217 e. The standard InChI is InChI=1S/C12H13NO2/c1-10(15)13-9-12-5-2-4-11(8-12)6-3-7-14/h2,4-5,8,14H,7,9H2,1H3,(H,13,15). The van der Waals surface area contributed by atoms with Crippen LogP contribution in [-0.2, 0) is 11.3 Å². The lowest BCUT2D eigenvalue weighted by Gasteiger charge is -2.02. The van der Waals surface area contributed by atoms with E-state index >= 15 is 0 Å². The molecule has 0 saturated carbocycles. The van der Waals surface area contributed by atoms with Crippen LogP contribution in [0.4, 0.5) is 0 Å². The third kappa shape index (κ3) is 4.30. The number of benzene rings is 1. The number of hydrogen-bond donors (Lipinski definition) is 2. The summed E-state index contributed by atoms with van der Waals surface area (Å²) in [4.78, 5) is 10.7. The first-order valence-corrected chi connectivity index (χ1v) is 4.65. The van der Waals surface area contributed by atoms with Crippen LogP contribution < -0.4 is 5.32 Å². The zero-order chi connectivity index (χ0) is 11.1. The third-order valence-electron chi connectivity index (χ3n) is 1.78. The van der Waals surface area contributed by atoms with Crippen LogP contribution in [-0.4, -0.2) is 17.6 Å². The Morgan fingerprint density at radius 1 is 1.53 bits per heavy atom. The van der Waals surface area contributed by atoms with E-state index in [0.717, 1.165) is 11.1 Å². The van der Waals surface area contributed by atoms with E-state index in [-0.39, 0.29) is 12.5 Å². The molecule has 0 saturated heterocycles. The highest BCUT2D eigenvalue weighted by Gasteiger charge is 1.95. The molecule has 0 heterocycles. The average Bonchev–Trinajstić information content (AvgIpc) is 2.24. The number of carbonyl (C=O) groups is 1. The molecule has 3 nitrogen and oxygen atoms in total. The Morgan fingerprint density at radius 2 is 2.33 bits per heavy atom. The maximum absolute atomic E-state index is 10.7. The zero-order valence-electron chi connectivity index (χ0n) is 8.58. The molecule has 0 aromatic heterocycles. The second-order valence-electron chi connectivity index (χ2n) is 3.07. The number of nitrogens with one attached hydrogen (secondary N) is 1. The van der Waals surface area contributed by atoms with Crippen LogP contribution >= 0.6 is 0 Å². The van der Waals surface area contributed by atoms with Crippen molar-refractivity contribution in [1.82, 2.24) is 5.32 Å². The van der Waals surface area contributed by atoms with Crippen molar-refractivity contribution in [2.45, 2.75) is 13.5 Å². The topological polar surface area (TPSA) is 49.3 Å². The molecule has 0 spiro atoms. The predicted molar refractivity (Wildman–Crippen MR) is 57.9 cm³/mol. The minimum absolute atomic E-state index is 0.0538. The molecule has 0 aliphatic carbocycles. The fraction of sp³-hybridized carbons (Fsp3) is 0.250. The van der Waals surface area contributed by atoms with Crippen molar-refractivity contribution in [3.63, 3.8) is 0 Å². The van der Waals surface area contributed by atoms with Gasteiger partial charge in [-0.25, -0.2) is 0 Å². The first-order chi connectivity index (χ1) is 7.22. The van der Waals surface area contributed by atoms with Crippen molar-refractivity contribution in [1.29, 1.82) is 0 Å².